The summed E-state index contributed by atoms with van der Waals surface area (Å²) >= 11 is 0. The van der Waals surface area contributed by atoms with E-state index in [2.05, 4.69) is 10.6 Å². The Morgan fingerprint density at radius 1 is 1.53 bits per heavy atom. The van der Waals surface area contributed by atoms with Gasteiger partial charge in [0.1, 0.15) is 6.04 Å². The summed E-state index contributed by atoms with van der Waals surface area (Å²) in [5, 5.41) is 5.74. The summed E-state index contributed by atoms with van der Waals surface area (Å²) in [5.41, 5.74) is 0.0424. The number of nitrogens with one attached hydrogen (secondary N) is 2. The molecule has 1 heterocycles. The number of amides is 2. The SMILES string of the molecule is C[C@H](NC(=O)c1ccco1)C(=O)N[C@@]12CCC[C@@H]1C2. The molecule has 2 aliphatic carbocycles. The zero-order valence-electron chi connectivity index (χ0n) is 10.9. The van der Waals surface area contributed by atoms with Crippen LogP contribution in [0.15, 0.2) is 22.8 Å². The van der Waals surface area contributed by atoms with Gasteiger partial charge in [-0.05, 0) is 44.2 Å². The fourth-order valence-electron chi connectivity index (χ4n) is 3.04. The zero-order valence-corrected chi connectivity index (χ0v) is 10.9. The average Bonchev–Trinajstić information content (AvgIpc) is 2.82. The predicted molar refractivity (Wildman–Crippen MR) is 68.5 cm³/mol. The fourth-order valence-corrected chi connectivity index (χ4v) is 3.04. The highest BCUT2D eigenvalue weighted by atomic mass is 16.3. The van der Waals surface area contributed by atoms with E-state index in [0.717, 1.165) is 12.8 Å². The fraction of sp³-hybridized carbons (Fsp3) is 0.571. The van der Waals surface area contributed by atoms with Crippen LogP contribution in [0.3, 0.4) is 0 Å². The largest absolute Gasteiger partial charge is 0.459 e. The lowest BCUT2D eigenvalue weighted by molar-refractivity contribution is -0.123. The average molecular weight is 262 g/mol. The van der Waals surface area contributed by atoms with Gasteiger partial charge in [-0.25, -0.2) is 0 Å². The molecule has 2 N–H and O–H groups in total. The molecule has 0 bridgehead atoms. The van der Waals surface area contributed by atoms with Gasteiger partial charge in [-0.2, -0.15) is 0 Å². The lowest BCUT2D eigenvalue weighted by Gasteiger charge is -2.19. The third-order valence-corrected chi connectivity index (χ3v) is 4.27. The van der Waals surface area contributed by atoms with Crippen molar-refractivity contribution in [1.29, 1.82) is 0 Å². The van der Waals surface area contributed by atoms with Gasteiger partial charge in [-0.3, -0.25) is 9.59 Å². The van der Waals surface area contributed by atoms with Gasteiger partial charge in [-0.15, -0.1) is 0 Å². The Morgan fingerprint density at radius 2 is 2.37 bits per heavy atom. The van der Waals surface area contributed by atoms with Gasteiger partial charge in [0, 0.05) is 5.54 Å². The van der Waals surface area contributed by atoms with Crippen LogP contribution < -0.4 is 10.6 Å². The molecule has 0 unspecified atom stereocenters. The maximum atomic E-state index is 12.1. The summed E-state index contributed by atoms with van der Waals surface area (Å²) in [5.74, 6) is 0.417. The number of carbonyl (C=O) groups excluding carboxylic acids is 2. The highest BCUT2D eigenvalue weighted by Crippen LogP contribution is 2.55. The smallest absolute Gasteiger partial charge is 0.287 e. The molecule has 0 spiro atoms. The quantitative estimate of drug-likeness (QED) is 0.863. The van der Waals surface area contributed by atoms with Crippen molar-refractivity contribution < 1.29 is 14.0 Å². The first-order valence-electron chi connectivity index (χ1n) is 6.77. The molecule has 1 aromatic rings. The van der Waals surface area contributed by atoms with Crippen LogP contribution >= 0.6 is 0 Å². The second kappa shape index (κ2) is 4.40. The van der Waals surface area contributed by atoms with Crippen LogP contribution in [0.4, 0.5) is 0 Å². The lowest BCUT2D eigenvalue weighted by atomic mass is 10.2. The maximum absolute atomic E-state index is 12.1. The summed E-state index contributed by atoms with van der Waals surface area (Å²) in [7, 11) is 0. The number of fused-ring (bicyclic) bond motifs is 1. The highest BCUT2D eigenvalue weighted by molar-refractivity contribution is 5.95. The molecule has 2 saturated carbocycles. The van der Waals surface area contributed by atoms with E-state index in [1.807, 2.05) is 0 Å². The van der Waals surface area contributed by atoms with E-state index in [9.17, 15) is 9.59 Å². The molecular formula is C14H18N2O3. The van der Waals surface area contributed by atoms with Crippen molar-refractivity contribution in [2.45, 2.75) is 44.2 Å². The topological polar surface area (TPSA) is 71.3 Å². The minimum Gasteiger partial charge on any atom is -0.459 e. The zero-order chi connectivity index (χ0) is 13.5. The van der Waals surface area contributed by atoms with Crippen LogP contribution in [0.25, 0.3) is 0 Å². The van der Waals surface area contributed by atoms with Crippen molar-refractivity contribution in [3.05, 3.63) is 24.2 Å². The van der Waals surface area contributed by atoms with Gasteiger partial charge < -0.3 is 15.1 Å². The van der Waals surface area contributed by atoms with Crippen molar-refractivity contribution in [3.63, 3.8) is 0 Å². The van der Waals surface area contributed by atoms with E-state index in [0.29, 0.717) is 5.92 Å². The second-order valence-electron chi connectivity index (χ2n) is 5.61. The Bertz CT molecular complexity index is 497. The minimum absolute atomic E-state index is 0.0424. The molecule has 5 heteroatoms. The number of hydrogen-bond donors (Lipinski definition) is 2. The van der Waals surface area contributed by atoms with Gasteiger partial charge in [-0.1, -0.05) is 6.42 Å². The molecule has 1 aromatic heterocycles. The Labute approximate surface area is 111 Å². The van der Waals surface area contributed by atoms with Crippen LogP contribution in [0.5, 0.6) is 0 Å². The van der Waals surface area contributed by atoms with E-state index < -0.39 is 6.04 Å². The lowest BCUT2D eigenvalue weighted by Crippen LogP contribution is -2.49. The molecule has 0 aliphatic heterocycles. The van der Waals surface area contributed by atoms with Gasteiger partial charge in [0.25, 0.3) is 5.91 Å². The number of hydrogen-bond acceptors (Lipinski definition) is 3. The molecule has 0 radical (unpaired) electrons. The van der Waals surface area contributed by atoms with Gasteiger partial charge in [0.15, 0.2) is 5.76 Å². The molecule has 19 heavy (non-hydrogen) atoms. The molecule has 0 aromatic carbocycles. The molecule has 3 atom stereocenters. The van der Waals surface area contributed by atoms with Gasteiger partial charge >= 0.3 is 0 Å². The summed E-state index contributed by atoms with van der Waals surface area (Å²) in [6.45, 7) is 1.69. The maximum Gasteiger partial charge on any atom is 0.287 e. The first-order valence-corrected chi connectivity index (χ1v) is 6.77. The second-order valence-corrected chi connectivity index (χ2v) is 5.61. The predicted octanol–water partition coefficient (Wildman–Crippen LogP) is 1.46. The summed E-state index contributed by atoms with van der Waals surface area (Å²) in [6.07, 6.45) is 6.01. The van der Waals surface area contributed by atoms with E-state index >= 15 is 0 Å². The number of furan rings is 1. The van der Waals surface area contributed by atoms with Crippen LogP contribution in [0.1, 0.15) is 43.2 Å². The molecule has 2 fully saturated rings. The normalized spacial score (nSPS) is 29.4. The van der Waals surface area contributed by atoms with Crippen molar-refractivity contribution in [1.82, 2.24) is 10.6 Å². The first kappa shape index (κ1) is 12.3. The molecule has 5 nitrogen and oxygen atoms in total. The van der Waals surface area contributed by atoms with Crippen molar-refractivity contribution >= 4 is 11.8 Å². The number of carbonyl (C=O) groups is 2. The molecular weight excluding hydrogens is 244 g/mol. The standard InChI is InChI=1S/C14H18N2O3/c1-9(15-13(18)11-5-3-7-19-11)12(17)16-14-6-2-4-10(14)8-14/h3,5,7,9-10H,2,4,6,8H2,1H3,(H,15,18)(H,16,17)/t9-,10+,14+/m0/s1. The molecule has 3 rings (SSSR count). The van der Waals surface area contributed by atoms with E-state index in [4.69, 9.17) is 4.42 Å². The van der Waals surface area contributed by atoms with Crippen molar-refractivity contribution in [2.75, 3.05) is 0 Å². The monoisotopic (exact) mass is 262 g/mol. The molecule has 2 aliphatic rings. The van der Waals surface area contributed by atoms with Crippen LogP contribution in [0.2, 0.25) is 0 Å². The third kappa shape index (κ3) is 2.25. The Balaban J connectivity index is 1.54. The Kier molecular flexibility index (Phi) is 2.84. The molecule has 2 amide bonds. The van der Waals surface area contributed by atoms with Crippen LogP contribution in [-0.2, 0) is 4.79 Å². The van der Waals surface area contributed by atoms with Gasteiger partial charge in [0.2, 0.25) is 5.91 Å². The number of rotatable bonds is 4. The van der Waals surface area contributed by atoms with Gasteiger partial charge in [0.05, 0.1) is 6.26 Å². The summed E-state index contributed by atoms with van der Waals surface area (Å²) < 4.78 is 4.99. The Hall–Kier alpha value is -1.78. The Morgan fingerprint density at radius 3 is 2.95 bits per heavy atom. The van der Waals surface area contributed by atoms with E-state index in [1.54, 1.807) is 19.1 Å². The molecule has 0 saturated heterocycles. The van der Waals surface area contributed by atoms with Crippen LogP contribution in [0, 0.1) is 5.92 Å². The van der Waals surface area contributed by atoms with Crippen LogP contribution in [-0.4, -0.2) is 23.4 Å². The van der Waals surface area contributed by atoms with E-state index in [1.165, 1.54) is 19.1 Å². The van der Waals surface area contributed by atoms with Crippen molar-refractivity contribution in [2.24, 2.45) is 5.92 Å². The first-order chi connectivity index (χ1) is 9.11. The molecule has 102 valence electrons. The minimum atomic E-state index is -0.547. The van der Waals surface area contributed by atoms with E-state index in [-0.39, 0.29) is 23.1 Å². The third-order valence-electron chi connectivity index (χ3n) is 4.27. The summed E-state index contributed by atoms with van der Waals surface area (Å²) in [6, 6.07) is 2.67. The summed E-state index contributed by atoms with van der Waals surface area (Å²) in [4.78, 5) is 23.8. The highest BCUT2D eigenvalue weighted by Gasteiger charge is 2.57. The van der Waals surface area contributed by atoms with Crippen molar-refractivity contribution in [3.8, 4) is 0 Å².